The van der Waals surface area contributed by atoms with Gasteiger partial charge in [-0.15, -0.1) is 0 Å². The fraction of sp³-hybridized carbons (Fsp3) is 0.286. The Labute approximate surface area is 159 Å². The summed E-state index contributed by atoms with van der Waals surface area (Å²) in [5.74, 6) is 1.13. The van der Waals surface area contributed by atoms with Crippen molar-refractivity contribution in [2.75, 3.05) is 26.0 Å². The van der Waals surface area contributed by atoms with Gasteiger partial charge in [-0.25, -0.2) is 14.4 Å². The lowest BCUT2D eigenvalue weighted by Gasteiger charge is -2.26. The van der Waals surface area contributed by atoms with Crippen molar-refractivity contribution in [3.05, 3.63) is 71.3 Å². The van der Waals surface area contributed by atoms with Gasteiger partial charge in [0.05, 0.1) is 6.04 Å². The minimum Gasteiger partial charge on any atom is -0.368 e. The van der Waals surface area contributed by atoms with Gasteiger partial charge in [0.15, 0.2) is 5.82 Å². The maximum Gasteiger partial charge on any atom is 0.180 e. The second kappa shape index (κ2) is 8.22. The van der Waals surface area contributed by atoms with Crippen LogP contribution in [0.1, 0.15) is 22.9 Å². The molecule has 1 atom stereocenters. The van der Waals surface area contributed by atoms with Gasteiger partial charge in [0, 0.05) is 24.0 Å². The predicted molar refractivity (Wildman–Crippen MR) is 106 cm³/mol. The Bertz CT molecular complexity index is 912. The molecular weight excluding hydrogens is 341 g/mol. The average molecular weight is 365 g/mol. The van der Waals surface area contributed by atoms with Crippen molar-refractivity contribution < 1.29 is 4.39 Å². The zero-order valence-electron chi connectivity index (χ0n) is 16.1. The van der Waals surface area contributed by atoms with Crippen LogP contribution in [0, 0.1) is 19.7 Å². The minimum absolute atomic E-state index is 0.00803. The highest BCUT2D eigenvalue weighted by atomic mass is 19.1. The molecular formula is C21H24FN5. The standard InChI is InChI=1S/C21H24FN5/c1-14-15(2)25-21(18-10-5-6-11-23-18)26-20(14)24-13-19(27(3)4)16-8-7-9-17(22)12-16/h5-12,19H,13H2,1-4H3,(H,24,25,26). The summed E-state index contributed by atoms with van der Waals surface area (Å²) in [6, 6.07) is 12.4. The third-order valence-corrected chi connectivity index (χ3v) is 4.60. The van der Waals surface area contributed by atoms with E-state index in [2.05, 4.69) is 25.2 Å². The van der Waals surface area contributed by atoms with E-state index in [1.165, 1.54) is 6.07 Å². The van der Waals surface area contributed by atoms with Gasteiger partial charge in [-0.1, -0.05) is 18.2 Å². The molecule has 0 saturated heterocycles. The Morgan fingerprint density at radius 2 is 1.89 bits per heavy atom. The second-order valence-corrected chi connectivity index (χ2v) is 6.74. The summed E-state index contributed by atoms with van der Waals surface area (Å²) in [5, 5.41) is 3.42. The summed E-state index contributed by atoms with van der Waals surface area (Å²) < 4.78 is 13.6. The molecule has 140 valence electrons. The number of aromatic nitrogens is 3. The molecule has 0 fully saturated rings. The average Bonchev–Trinajstić information content (AvgIpc) is 2.65. The first-order chi connectivity index (χ1) is 13.0. The number of nitrogens with one attached hydrogen (secondary N) is 1. The van der Waals surface area contributed by atoms with E-state index < -0.39 is 0 Å². The van der Waals surface area contributed by atoms with Crippen LogP contribution in [-0.4, -0.2) is 40.5 Å². The third-order valence-electron chi connectivity index (χ3n) is 4.60. The van der Waals surface area contributed by atoms with Crippen molar-refractivity contribution in [2.24, 2.45) is 0 Å². The number of aryl methyl sites for hydroxylation is 1. The van der Waals surface area contributed by atoms with Crippen LogP contribution in [0.3, 0.4) is 0 Å². The molecule has 1 aromatic carbocycles. The number of halogens is 1. The van der Waals surface area contributed by atoms with Crippen LogP contribution >= 0.6 is 0 Å². The van der Waals surface area contributed by atoms with Crippen LogP contribution in [0.4, 0.5) is 10.2 Å². The molecule has 6 heteroatoms. The summed E-state index contributed by atoms with van der Waals surface area (Å²) in [6.45, 7) is 4.55. The van der Waals surface area contributed by atoms with Crippen LogP contribution < -0.4 is 5.32 Å². The van der Waals surface area contributed by atoms with Gasteiger partial charge < -0.3 is 10.2 Å². The second-order valence-electron chi connectivity index (χ2n) is 6.74. The van der Waals surface area contributed by atoms with E-state index in [9.17, 15) is 4.39 Å². The molecule has 27 heavy (non-hydrogen) atoms. The van der Waals surface area contributed by atoms with Crippen molar-refractivity contribution in [3.8, 4) is 11.5 Å². The fourth-order valence-corrected chi connectivity index (χ4v) is 2.92. The monoisotopic (exact) mass is 365 g/mol. The van der Waals surface area contributed by atoms with E-state index in [-0.39, 0.29) is 11.9 Å². The van der Waals surface area contributed by atoms with Gasteiger partial charge in [-0.05, 0) is 57.8 Å². The topological polar surface area (TPSA) is 53.9 Å². The number of rotatable bonds is 6. The molecule has 2 aromatic heterocycles. The zero-order chi connectivity index (χ0) is 19.4. The molecule has 0 aliphatic heterocycles. The van der Waals surface area contributed by atoms with Crippen molar-refractivity contribution >= 4 is 5.82 Å². The summed E-state index contributed by atoms with van der Waals surface area (Å²) in [4.78, 5) is 15.6. The third kappa shape index (κ3) is 4.46. The molecule has 2 heterocycles. The number of pyridine rings is 1. The molecule has 0 spiro atoms. The lowest BCUT2D eigenvalue weighted by Crippen LogP contribution is -2.27. The number of anilines is 1. The van der Waals surface area contributed by atoms with Crippen molar-refractivity contribution in [1.82, 2.24) is 19.9 Å². The minimum atomic E-state index is -0.231. The van der Waals surface area contributed by atoms with Gasteiger partial charge >= 0.3 is 0 Å². The molecule has 3 aromatic rings. The number of hydrogen-bond donors (Lipinski definition) is 1. The summed E-state index contributed by atoms with van der Waals surface area (Å²) in [6.07, 6.45) is 1.73. The molecule has 3 rings (SSSR count). The Kier molecular flexibility index (Phi) is 5.76. The van der Waals surface area contributed by atoms with Crippen molar-refractivity contribution in [3.63, 3.8) is 0 Å². The zero-order valence-corrected chi connectivity index (χ0v) is 16.1. The smallest absolute Gasteiger partial charge is 0.180 e. The Morgan fingerprint density at radius 3 is 2.56 bits per heavy atom. The van der Waals surface area contributed by atoms with E-state index in [0.717, 1.165) is 28.3 Å². The van der Waals surface area contributed by atoms with Gasteiger partial charge in [0.25, 0.3) is 0 Å². The van der Waals surface area contributed by atoms with Crippen LogP contribution in [0.5, 0.6) is 0 Å². The number of hydrogen-bond acceptors (Lipinski definition) is 5. The lowest BCUT2D eigenvalue weighted by atomic mass is 10.1. The van der Waals surface area contributed by atoms with Crippen LogP contribution in [0.15, 0.2) is 48.7 Å². The quantitative estimate of drug-likeness (QED) is 0.715. The van der Waals surface area contributed by atoms with Gasteiger partial charge in [-0.3, -0.25) is 4.98 Å². The van der Waals surface area contributed by atoms with Crippen LogP contribution in [0.25, 0.3) is 11.5 Å². The van der Waals surface area contributed by atoms with E-state index in [0.29, 0.717) is 12.4 Å². The van der Waals surface area contributed by atoms with E-state index >= 15 is 0 Å². The lowest BCUT2D eigenvalue weighted by molar-refractivity contribution is 0.311. The molecule has 1 unspecified atom stereocenters. The highest BCUT2D eigenvalue weighted by molar-refractivity contribution is 5.56. The summed E-state index contributed by atoms with van der Waals surface area (Å²) >= 11 is 0. The SMILES string of the molecule is Cc1nc(-c2ccccn2)nc(NCC(c2cccc(F)c2)N(C)C)c1C. The van der Waals surface area contributed by atoms with Crippen LogP contribution in [-0.2, 0) is 0 Å². The van der Waals surface area contributed by atoms with Gasteiger partial charge in [-0.2, -0.15) is 0 Å². The highest BCUT2D eigenvalue weighted by Crippen LogP contribution is 2.23. The first kappa shape index (κ1) is 18.9. The molecule has 0 amide bonds. The molecule has 0 saturated carbocycles. The largest absolute Gasteiger partial charge is 0.368 e. The number of likely N-dealkylation sites (N-methyl/N-ethyl adjacent to an activating group) is 1. The van der Waals surface area contributed by atoms with E-state index in [1.807, 2.05) is 52.2 Å². The molecule has 0 bridgehead atoms. The molecule has 0 radical (unpaired) electrons. The Morgan fingerprint density at radius 1 is 1.07 bits per heavy atom. The van der Waals surface area contributed by atoms with E-state index in [1.54, 1.807) is 18.3 Å². The van der Waals surface area contributed by atoms with E-state index in [4.69, 9.17) is 0 Å². The van der Waals surface area contributed by atoms with Crippen molar-refractivity contribution in [1.29, 1.82) is 0 Å². The number of nitrogens with zero attached hydrogens (tertiary/aromatic N) is 4. The van der Waals surface area contributed by atoms with Gasteiger partial charge in [0.1, 0.15) is 17.3 Å². The fourth-order valence-electron chi connectivity index (χ4n) is 2.92. The molecule has 0 aliphatic carbocycles. The van der Waals surface area contributed by atoms with Gasteiger partial charge in [0.2, 0.25) is 0 Å². The first-order valence-electron chi connectivity index (χ1n) is 8.88. The highest BCUT2D eigenvalue weighted by Gasteiger charge is 2.17. The maximum atomic E-state index is 13.6. The summed E-state index contributed by atoms with van der Waals surface area (Å²) in [7, 11) is 3.96. The maximum absolute atomic E-state index is 13.6. The molecule has 5 nitrogen and oxygen atoms in total. The van der Waals surface area contributed by atoms with Crippen molar-refractivity contribution in [2.45, 2.75) is 19.9 Å². The normalized spacial score (nSPS) is 12.2. The predicted octanol–water partition coefficient (Wildman–Crippen LogP) is 4.01. The Hall–Kier alpha value is -2.86. The molecule has 1 N–H and O–H groups in total. The summed E-state index contributed by atoms with van der Waals surface area (Å²) in [5.41, 5.74) is 3.55. The van der Waals surface area contributed by atoms with Crippen LogP contribution in [0.2, 0.25) is 0 Å². The number of benzene rings is 1. The first-order valence-corrected chi connectivity index (χ1v) is 8.88. The molecule has 0 aliphatic rings. The Balaban J connectivity index is 1.87.